The van der Waals surface area contributed by atoms with Crippen LogP contribution in [0.2, 0.25) is 12.6 Å². The molecule has 0 aliphatic carbocycles. The zero-order valence-electron chi connectivity index (χ0n) is 12.9. The maximum Gasteiger partial charge on any atom is 0.473 e. The van der Waals surface area contributed by atoms with Gasteiger partial charge in [-0.1, -0.05) is 13.3 Å². The largest absolute Gasteiger partial charge is 0.569 e. The number of nitrogens with zero attached hydrogens (tertiary/aromatic N) is 1. The molecule has 1 aliphatic rings. The summed E-state index contributed by atoms with van der Waals surface area (Å²) in [5, 5.41) is 0. The molecular weight excluding hydrogens is 258 g/mol. The first-order valence-electron chi connectivity index (χ1n) is 7.11. The molecule has 0 aromatic rings. The summed E-state index contributed by atoms with van der Waals surface area (Å²) in [5.41, 5.74) is 0.318. The minimum absolute atomic E-state index is 0.159. The molecule has 0 aromatic heterocycles. The lowest BCUT2D eigenvalue weighted by molar-refractivity contribution is 0.0295. The van der Waals surface area contributed by atoms with E-state index < -0.39 is 18.1 Å². The van der Waals surface area contributed by atoms with Crippen molar-refractivity contribution < 1.29 is 8.58 Å². The van der Waals surface area contributed by atoms with Gasteiger partial charge < -0.3 is 8.58 Å². The highest BCUT2D eigenvalue weighted by Crippen LogP contribution is 2.43. The van der Waals surface area contributed by atoms with Gasteiger partial charge in [0.25, 0.3) is 0 Å². The Morgan fingerprint density at radius 3 is 2.11 bits per heavy atom. The fourth-order valence-electron chi connectivity index (χ4n) is 4.07. The molecular formula is C13H29NO2Si2. The fraction of sp³-hybridized carbons (Fsp3) is 1.00. The quantitative estimate of drug-likeness (QED) is 0.727. The average molecular weight is 288 g/mol. The molecule has 0 radical (unpaired) electrons. The molecule has 18 heavy (non-hydrogen) atoms. The van der Waals surface area contributed by atoms with Gasteiger partial charge in [-0.3, -0.25) is 4.57 Å². The van der Waals surface area contributed by atoms with E-state index in [0.29, 0.717) is 0 Å². The standard InChI is InChI=1S/C13H29NO2Si2/c1-7-11-18(6,16-17-15)14-12(2,3)9-8-10-13(14,4)5/h17H,7-11H2,1-6H3. The van der Waals surface area contributed by atoms with Crippen LogP contribution in [0, 0.1) is 0 Å². The molecule has 0 spiro atoms. The van der Waals surface area contributed by atoms with Crippen LogP contribution in [0.15, 0.2) is 0 Å². The van der Waals surface area contributed by atoms with Crippen LogP contribution in [0.3, 0.4) is 0 Å². The number of hydrogen-bond donors (Lipinski definition) is 0. The highest BCUT2D eigenvalue weighted by atomic mass is 28.4. The molecule has 1 rings (SSSR count). The van der Waals surface area contributed by atoms with E-state index in [9.17, 15) is 4.46 Å². The summed E-state index contributed by atoms with van der Waals surface area (Å²) < 4.78 is 19.6. The van der Waals surface area contributed by atoms with Gasteiger partial charge in [0.05, 0.1) is 0 Å². The van der Waals surface area contributed by atoms with Gasteiger partial charge in [-0.2, -0.15) is 0 Å². The Kier molecular flexibility index (Phi) is 4.95. The average Bonchev–Trinajstić information content (AvgIpc) is 2.14. The van der Waals surface area contributed by atoms with Crippen LogP contribution >= 0.6 is 0 Å². The van der Waals surface area contributed by atoms with E-state index in [4.69, 9.17) is 4.12 Å². The highest BCUT2D eigenvalue weighted by Gasteiger charge is 2.53. The first-order valence-corrected chi connectivity index (χ1v) is 10.6. The second-order valence-electron chi connectivity index (χ2n) is 6.95. The lowest BCUT2D eigenvalue weighted by Crippen LogP contribution is -2.70. The Hall–Kier alpha value is -0.00623. The van der Waals surface area contributed by atoms with E-state index in [2.05, 4.69) is 45.7 Å². The third-order valence-corrected chi connectivity index (χ3v) is 10.3. The second kappa shape index (κ2) is 5.55. The predicted molar refractivity (Wildman–Crippen MR) is 79.5 cm³/mol. The molecule has 1 fully saturated rings. The van der Waals surface area contributed by atoms with Crippen LogP contribution in [-0.4, -0.2) is 33.8 Å². The van der Waals surface area contributed by atoms with Gasteiger partial charge in [-0.15, -0.1) is 0 Å². The van der Waals surface area contributed by atoms with Gasteiger partial charge in [0.1, 0.15) is 0 Å². The Morgan fingerprint density at radius 1 is 1.22 bits per heavy atom. The minimum Gasteiger partial charge on any atom is -0.569 e. The lowest BCUT2D eigenvalue weighted by atomic mass is 9.83. The SMILES string of the molecule is CCC[Si](C)(O[SiH]=O)N1C(C)(C)CCCC1(C)C. The van der Waals surface area contributed by atoms with Crippen molar-refractivity contribution in [2.24, 2.45) is 0 Å². The second-order valence-corrected chi connectivity index (χ2v) is 11.4. The summed E-state index contributed by atoms with van der Waals surface area (Å²) in [6.45, 7) is 13.7. The van der Waals surface area contributed by atoms with Crippen LogP contribution < -0.4 is 0 Å². The van der Waals surface area contributed by atoms with Crippen LogP contribution in [0.4, 0.5) is 0 Å². The zero-order chi connectivity index (χ0) is 14.0. The van der Waals surface area contributed by atoms with Gasteiger partial charge in [-0.25, -0.2) is 0 Å². The van der Waals surface area contributed by atoms with Crippen molar-refractivity contribution in [3.63, 3.8) is 0 Å². The van der Waals surface area contributed by atoms with E-state index in [-0.39, 0.29) is 11.1 Å². The van der Waals surface area contributed by atoms with E-state index in [0.717, 1.165) is 12.5 Å². The molecule has 0 aromatic carbocycles. The Labute approximate surface area is 115 Å². The van der Waals surface area contributed by atoms with Crippen molar-refractivity contribution in [1.29, 1.82) is 0 Å². The monoisotopic (exact) mass is 287 g/mol. The molecule has 0 bridgehead atoms. The Morgan fingerprint density at radius 2 is 1.72 bits per heavy atom. The van der Waals surface area contributed by atoms with E-state index in [1.165, 1.54) is 19.3 Å². The van der Waals surface area contributed by atoms with Gasteiger partial charge in [0.15, 0.2) is 0 Å². The maximum atomic E-state index is 11.2. The van der Waals surface area contributed by atoms with Gasteiger partial charge >= 0.3 is 18.1 Å². The summed E-state index contributed by atoms with van der Waals surface area (Å²) >= 11 is 0. The van der Waals surface area contributed by atoms with Crippen molar-refractivity contribution in [1.82, 2.24) is 4.57 Å². The molecule has 1 unspecified atom stereocenters. The molecule has 106 valence electrons. The normalized spacial score (nSPS) is 26.3. The maximum absolute atomic E-state index is 11.2. The minimum atomic E-state index is -2.06. The van der Waals surface area contributed by atoms with Crippen LogP contribution in [0.5, 0.6) is 0 Å². The van der Waals surface area contributed by atoms with E-state index in [1.807, 2.05) is 0 Å². The zero-order valence-corrected chi connectivity index (χ0v) is 15.0. The molecule has 1 aliphatic heterocycles. The number of hydrogen-bond acceptors (Lipinski definition) is 3. The highest BCUT2D eigenvalue weighted by molar-refractivity contribution is 6.73. The fourth-order valence-corrected chi connectivity index (χ4v) is 9.73. The topological polar surface area (TPSA) is 29.5 Å². The summed E-state index contributed by atoms with van der Waals surface area (Å²) in [7, 11) is -3.17. The predicted octanol–water partition coefficient (Wildman–Crippen LogP) is 3.23. The number of rotatable bonds is 5. The number of piperidine rings is 1. The summed E-state index contributed by atoms with van der Waals surface area (Å²) in [6, 6.07) is 1.06. The first kappa shape index (κ1) is 16.0. The molecule has 0 N–H and O–H groups in total. The van der Waals surface area contributed by atoms with E-state index >= 15 is 0 Å². The van der Waals surface area contributed by atoms with Crippen LogP contribution in [0.25, 0.3) is 0 Å². The molecule has 5 heteroatoms. The van der Waals surface area contributed by atoms with Gasteiger partial charge in [0, 0.05) is 11.1 Å². The van der Waals surface area contributed by atoms with Crippen molar-refractivity contribution in [2.45, 2.75) is 84.0 Å². The van der Waals surface area contributed by atoms with Crippen molar-refractivity contribution in [3.8, 4) is 0 Å². The summed E-state index contributed by atoms with van der Waals surface area (Å²) in [5.74, 6) is 0. The van der Waals surface area contributed by atoms with Crippen molar-refractivity contribution in [3.05, 3.63) is 0 Å². The first-order chi connectivity index (χ1) is 8.19. The smallest absolute Gasteiger partial charge is 0.473 e. The third-order valence-electron chi connectivity index (χ3n) is 4.28. The summed E-state index contributed by atoms with van der Waals surface area (Å²) in [6.07, 6.45) is 4.79. The van der Waals surface area contributed by atoms with Crippen LogP contribution in [-0.2, 0) is 8.58 Å². The Bertz CT molecular complexity index is 291. The van der Waals surface area contributed by atoms with E-state index in [1.54, 1.807) is 0 Å². The van der Waals surface area contributed by atoms with Crippen molar-refractivity contribution in [2.75, 3.05) is 0 Å². The molecule has 1 heterocycles. The van der Waals surface area contributed by atoms with Gasteiger partial charge in [-0.05, 0) is 59.5 Å². The molecule has 0 amide bonds. The lowest BCUT2D eigenvalue weighted by Gasteiger charge is -2.58. The molecule has 1 atom stereocenters. The van der Waals surface area contributed by atoms with Gasteiger partial charge in [0.2, 0.25) is 0 Å². The molecule has 3 nitrogen and oxygen atoms in total. The Balaban J connectivity index is 3.15. The molecule has 0 saturated carbocycles. The molecule has 1 saturated heterocycles. The third kappa shape index (κ3) is 3.11. The van der Waals surface area contributed by atoms with Crippen LogP contribution in [0.1, 0.15) is 60.3 Å². The summed E-state index contributed by atoms with van der Waals surface area (Å²) in [4.78, 5) is 0. The van der Waals surface area contributed by atoms with Crippen molar-refractivity contribution >= 4 is 18.1 Å².